The molecule has 0 fully saturated rings. The Bertz CT molecular complexity index is 785. The van der Waals surface area contributed by atoms with Gasteiger partial charge >= 0.3 is 0 Å². The fourth-order valence-electron chi connectivity index (χ4n) is 2.11. The Morgan fingerprint density at radius 3 is 2.78 bits per heavy atom. The van der Waals surface area contributed by atoms with Crippen LogP contribution in [0.1, 0.15) is 11.4 Å². The summed E-state index contributed by atoms with van der Waals surface area (Å²) in [6, 6.07) is 7.86. The van der Waals surface area contributed by atoms with Crippen molar-refractivity contribution in [2.45, 2.75) is 13.8 Å². The summed E-state index contributed by atoms with van der Waals surface area (Å²) >= 11 is 0. The average Bonchev–Trinajstić information content (AvgIpc) is 2.69. The number of hydrogen-bond acceptors (Lipinski definition) is 3. The van der Waals surface area contributed by atoms with Crippen LogP contribution in [0.15, 0.2) is 35.4 Å². The third-order valence-corrected chi connectivity index (χ3v) is 3.00. The number of fused-ring (bicyclic) bond motifs is 1. The van der Waals surface area contributed by atoms with Crippen molar-refractivity contribution in [3.63, 3.8) is 0 Å². The number of hydrogen-bond donors (Lipinski definition) is 1. The predicted molar refractivity (Wildman–Crippen MR) is 68.5 cm³/mol. The molecule has 0 spiro atoms. The number of H-pyrrole nitrogens is 1. The standard InChI is InChI=1S/C13H12N4O/c1-8-5-3-4-6-10(8)11-12-13(18)14-7-15-17(12)9(2)16-11/h3-7H,1-2H3,(H,14,15,18). The lowest BCUT2D eigenvalue weighted by molar-refractivity contribution is 0.842. The molecule has 5 nitrogen and oxygen atoms in total. The lowest BCUT2D eigenvalue weighted by Gasteiger charge is -2.01. The van der Waals surface area contributed by atoms with Gasteiger partial charge in [0.2, 0.25) is 0 Å². The minimum absolute atomic E-state index is 0.177. The summed E-state index contributed by atoms with van der Waals surface area (Å²) in [5.41, 5.74) is 3.04. The first-order chi connectivity index (χ1) is 8.68. The minimum Gasteiger partial charge on any atom is -0.310 e. The SMILES string of the molecule is Cc1ccccc1-c1nc(C)n2nc[nH]c(=O)c12. The Hall–Kier alpha value is -2.43. The van der Waals surface area contributed by atoms with E-state index < -0.39 is 0 Å². The Morgan fingerprint density at radius 2 is 2.00 bits per heavy atom. The molecule has 0 aliphatic carbocycles. The quantitative estimate of drug-likeness (QED) is 0.704. The van der Waals surface area contributed by atoms with Gasteiger partial charge in [0.1, 0.15) is 17.8 Å². The zero-order chi connectivity index (χ0) is 12.7. The summed E-state index contributed by atoms with van der Waals surface area (Å²) < 4.78 is 1.57. The zero-order valence-electron chi connectivity index (χ0n) is 10.1. The largest absolute Gasteiger partial charge is 0.310 e. The number of aryl methyl sites for hydroxylation is 2. The smallest absolute Gasteiger partial charge is 0.277 e. The number of aromatic amines is 1. The maximum absolute atomic E-state index is 11.9. The molecular formula is C13H12N4O. The van der Waals surface area contributed by atoms with E-state index in [1.807, 2.05) is 38.1 Å². The van der Waals surface area contributed by atoms with Crippen LogP contribution in [-0.2, 0) is 0 Å². The topological polar surface area (TPSA) is 63.1 Å². The molecule has 0 unspecified atom stereocenters. The highest BCUT2D eigenvalue weighted by atomic mass is 16.1. The van der Waals surface area contributed by atoms with E-state index in [-0.39, 0.29) is 5.56 Å². The molecule has 1 aromatic carbocycles. The maximum atomic E-state index is 11.9. The number of imidazole rings is 1. The molecule has 0 aliphatic heterocycles. The van der Waals surface area contributed by atoms with Crippen molar-refractivity contribution in [2.75, 3.05) is 0 Å². The monoisotopic (exact) mass is 240 g/mol. The third kappa shape index (κ3) is 1.44. The number of benzene rings is 1. The predicted octanol–water partition coefficient (Wildman–Crippen LogP) is 1.70. The molecule has 90 valence electrons. The summed E-state index contributed by atoms with van der Waals surface area (Å²) in [6.45, 7) is 3.83. The van der Waals surface area contributed by atoms with Crippen LogP contribution in [0.5, 0.6) is 0 Å². The van der Waals surface area contributed by atoms with Gasteiger partial charge in [0.05, 0.1) is 0 Å². The number of rotatable bonds is 1. The molecule has 1 N–H and O–H groups in total. The molecule has 0 bridgehead atoms. The van der Waals surface area contributed by atoms with Crippen molar-refractivity contribution in [1.29, 1.82) is 0 Å². The normalized spacial score (nSPS) is 11.0. The third-order valence-electron chi connectivity index (χ3n) is 3.00. The van der Waals surface area contributed by atoms with Gasteiger partial charge in [-0.25, -0.2) is 9.50 Å². The molecular weight excluding hydrogens is 228 g/mol. The Kier molecular flexibility index (Phi) is 2.26. The molecule has 0 saturated heterocycles. The lowest BCUT2D eigenvalue weighted by Crippen LogP contribution is -2.11. The van der Waals surface area contributed by atoms with Crippen LogP contribution >= 0.6 is 0 Å². The van der Waals surface area contributed by atoms with Gasteiger partial charge in [-0.1, -0.05) is 24.3 Å². The van der Waals surface area contributed by atoms with E-state index in [0.717, 1.165) is 11.1 Å². The summed E-state index contributed by atoms with van der Waals surface area (Å²) in [5, 5.41) is 4.12. The second-order valence-electron chi connectivity index (χ2n) is 4.20. The molecule has 3 rings (SSSR count). The van der Waals surface area contributed by atoms with E-state index in [1.165, 1.54) is 6.33 Å². The molecule has 18 heavy (non-hydrogen) atoms. The molecule has 3 aromatic rings. The number of aromatic nitrogens is 4. The van der Waals surface area contributed by atoms with Crippen LogP contribution < -0.4 is 5.56 Å². The molecule has 5 heteroatoms. The maximum Gasteiger partial charge on any atom is 0.277 e. The fourth-order valence-corrected chi connectivity index (χ4v) is 2.11. The van der Waals surface area contributed by atoms with Gasteiger partial charge in [-0.05, 0) is 19.4 Å². The highest BCUT2D eigenvalue weighted by Crippen LogP contribution is 2.24. The molecule has 2 heterocycles. The van der Waals surface area contributed by atoms with Gasteiger partial charge in [-0.2, -0.15) is 5.10 Å². The van der Waals surface area contributed by atoms with Crippen LogP contribution in [0, 0.1) is 13.8 Å². The average molecular weight is 240 g/mol. The first-order valence-electron chi connectivity index (χ1n) is 5.67. The molecule has 0 atom stereocenters. The van der Waals surface area contributed by atoms with Crippen LogP contribution in [0.2, 0.25) is 0 Å². The highest BCUT2D eigenvalue weighted by Gasteiger charge is 2.15. The van der Waals surface area contributed by atoms with E-state index >= 15 is 0 Å². The van der Waals surface area contributed by atoms with E-state index in [2.05, 4.69) is 15.1 Å². The zero-order valence-corrected chi connectivity index (χ0v) is 10.1. The summed E-state index contributed by atoms with van der Waals surface area (Å²) in [6.07, 6.45) is 1.38. The number of nitrogens with zero attached hydrogens (tertiary/aromatic N) is 3. The minimum atomic E-state index is -0.177. The summed E-state index contributed by atoms with van der Waals surface area (Å²) in [4.78, 5) is 19.0. The lowest BCUT2D eigenvalue weighted by atomic mass is 10.1. The van der Waals surface area contributed by atoms with Gasteiger partial charge in [0.25, 0.3) is 5.56 Å². The molecule has 2 aromatic heterocycles. The van der Waals surface area contributed by atoms with Crippen molar-refractivity contribution in [1.82, 2.24) is 19.6 Å². The second-order valence-corrected chi connectivity index (χ2v) is 4.20. The van der Waals surface area contributed by atoms with E-state index in [0.29, 0.717) is 17.0 Å². The Labute approximate surface area is 103 Å². The summed E-state index contributed by atoms with van der Waals surface area (Å²) in [7, 11) is 0. The van der Waals surface area contributed by atoms with Crippen molar-refractivity contribution < 1.29 is 0 Å². The van der Waals surface area contributed by atoms with E-state index in [4.69, 9.17) is 0 Å². The van der Waals surface area contributed by atoms with Crippen molar-refractivity contribution in [3.05, 3.63) is 52.3 Å². The molecule has 0 saturated carbocycles. The molecule has 0 radical (unpaired) electrons. The van der Waals surface area contributed by atoms with Gasteiger partial charge in [0.15, 0.2) is 5.52 Å². The summed E-state index contributed by atoms with van der Waals surface area (Å²) in [5.74, 6) is 0.703. The van der Waals surface area contributed by atoms with Crippen LogP contribution in [0.4, 0.5) is 0 Å². The Balaban J connectivity index is 2.45. The first kappa shape index (κ1) is 10.7. The highest BCUT2D eigenvalue weighted by molar-refractivity contribution is 5.78. The van der Waals surface area contributed by atoms with Crippen molar-refractivity contribution >= 4 is 5.52 Å². The molecule has 0 amide bonds. The van der Waals surface area contributed by atoms with Crippen LogP contribution in [0.25, 0.3) is 16.8 Å². The fraction of sp³-hybridized carbons (Fsp3) is 0.154. The van der Waals surface area contributed by atoms with E-state index in [9.17, 15) is 4.79 Å². The molecule has 0 aliphatic rings. The van der Waals surface area contributed by atoms with Crippen LogP contribution in [0.3, 0.4) is 0 Å². The number of nitrogens with one attached hydrogen (secondary N) is 1. The second kappa shape index (κ2) is 3.80. The first-order valence-corrected chi connectivity index (χ1v) is 5.67. The Morgan fingerprint density at radius 1 is 1.22 bits per heavy atom. The van der Waals surface area contributed by atoms with Gasteiger partial charge < -0.3 is 4.98 Å². The van der Waals surface area contributed by atoms with Gasteiger partial charge in [-0.3, -0.25) is 4.79 Å². The van der Waals surface area contributed by atoms with Crippen molar-refractivity contribution in [2.24, 2.45) is 0 Å². The van der Waals surface area contributed by atoms with Crippen molar-refractivity contribution in [3.8, 4) is 11.3 Å². The van der Waals surface area contributed by atoms with Gasteiger partial charge in [0, 0.05) is 5.56 Å². The van der Waals surface area contributed by atoms with Crippen LogP contribution in [-0.4, -0.2) is 19.6 Å². The van der Waals surface area contributed by atoms with Gasteiger partial charge in [-0.15, -0.1) is 0 Å². The van der Waals surface area contributed by atoms with E-state index in [1.54, 1.807) is 4.52 Å².